The summed E-state index contributed by atoms with van der Waals surface area (Å²) >= 11 is 1.40. The van der Waals surface area contributed by atoms with Crippen molar-refractivity contribution in [2.45, 2.75) is 11.8 Å². The molecule has 0 saturated carbocycles. The predicted molar refractivity (Wildman–Crippen MR) is 124 cm³/mol. The molecule has 0 bridgehead atoms. The van der Waals surface area contributed by atoms with E-state index in [-0.39, 0.29) is 23.7 Å². The first-order valence-electron chi connectivity index (χ1n) is 10.4. The molecule has 1 saturated heterocycles. The first kappa shape index (κ1) is 22.4. The molecule has 8 nitrogen and oxygen atoms in total. The molecule has 3 unspecified atom stereocenters. The molecule has 3 atom stereocenters. The number of fused-ring (bicyclic) bond motifs is 1. The van der Waals surface area contributed by atoms with Gasteiger partial charge in [-0.3, -0.25) is 14.7 Å². The van der Waals surface area contributed by atoms with Crippen molar-refractivity contribution in [2.75, 3.05) is 24.2 Å². The molecule has 1 aromatic carbocycles. The molecule has 176 valence electrons. The van der Waals surface area contributed by atoms with Gasteiger partial charge in [0.25, 0.3) is 5.91 Å². The van der Waals surface area contributed by atoms with E-state index in [1.807, 2.05) is 4.90 Å². The Morgan fingerprint density at radius 1 is 1.26 bits per heavy atom. The maximum Gasteiger partial charge on any atom is 0.274 e. The van der Waals surface area contributed by atoms with Crippen LogP contribution in [0.4, 0.5) is 18.9 Å². The number of nitrogens with two attached hydrogens (primary N) is 1. The number of carbonyl (C=O) groups excluding carboxylic acids is 1. The number of amides is 1. The fourth-order valence-electron chi connectivity index (χ4n) is 4.44. The van der Waals surface area contributed by atoms with Crippen molar-refractivity contribution < 1.29 is 18.0 Å². The van der Waals surface area contributed by atoms with Gasteiger partial charge in [0, 0.05) is 42.2 Å². The fraction of sp³-hybridized carbons (Fsp3) is 0.273. The Labute approximate surface area is 197 Å². The number of hydrogen-bond acceptors (Lipinski definition) is 8. The molecule has 0 aliphatic carbocycles. The minimum Gasteiger partial charge on any atom is -0.379 e. The van der Waals surface area contributed by atoms with Crippen molar-refractivity contribution in [2.24, 2.45) is 21.6 Å². The van der Waals surface area contributed by atoms with Crippen molar-refractivity contribution in [3.05, 3.63) is 71.4 Å². The van der Waals surface area contributed by atoms with Gasteiger partial charge in [-0.25, -0.2) is 23.1 Å². The Bertz CT molecular complexity index is 1220. The Balaban J connectivity index is 1.46. The van der Waals surface area contributed by atoms with E-state index in [4.69, 9.17) is 10.7 Å². The van der Waals surface area contributed by atoms with Crippen LogP contribution in [0.15, 0.2) is 58.5 Å². The summed E-state index contributed by atoms with van der Waals surface area (Å²) in [5.74, 6) is -1.57. The Morgan fingerprint density at radius 3 is 2.85 bits per heavy atom. The van der Waals surface area contributed by atoms with Crippen LogP contribution in [0.3, 0.4) is 0 Å². The van der Waals surface area contributed by atoms with Crippen LogP contribution < -0.4 is 16.4 Å². The smallest absolute Gasteiger partial charge is 0.274 e. The second-order valence-corrected chi connectivity index (χ2v) is 9.21. The average molecular weight is 488 g/mol. The molecule has 12 heteroatoms. The van der Waals surface area contributed by atoms with E-state index in [1.54, 1.807) is 0 Å². The van der Waals surface area contributed by atoms with E-state index in [0.29, 0.717) is 23.2 Å². The van der Waals surface area contributed by atoms with E-state index in [9.17, 15) is 13.6 Å². The van der Waals surface area contributed by atoms with Crippen molar-refractivity contribution in [3.8, 4) is 0 Å². The molecule has 3 aliphatic rings. The number of carbonyl (C=O) groups is 1. The second-order valence-electron chi connectivity index (χ2n) is 8.17. The number of aliphatic imine (C=N–C) groups is 2. The predicted octanol–water partition coefficient (Wildman–Crippen LogP) is 2.57. The second kappa shape index (κ2) is 8.76. The van der Waals surface area contributed by atoms with Crippen LogP contribution in [0.5, 0.6) is 0 Å². The molecular formula is C22H20F3N7OS. The lowest BCUT2D eigenvalue weighted by Crippen LogP contribution is -2.44. The van der Waals surface area contributed by atoms with Gasteiger partial charge >= 0.3 is 0 Å². The summed E-state index contributed by atoms with van der Waals surface area (Å²) in [4.78, 5) is 27.2. The van der Waals surface area contributed by atoms with E-state index in [2.05, 4.69) is 20.6 Å². The third kappa shape index (κ3) is 4.14. The molecule has 1 amide bonds. The van der Waals surface area contributed by atoms with Crippen molar-refractivity contribution >= 4 is 34.7 Å². The molecule has 1 aromatic heterocycles. The van der Waals surface area contributed by atoms with E-state index >= 15 is 4.39 Å². The van der Waals surface area contributed by atoms with Gasteiger partial charge in [-0.15, -0.1) is 0 Å². The summed E-state index contributed by atoms with van der Waals surface area (Å²) in [7, 11) is 0. The number of hydrogen-bond donors (Lipinski definition) is 3. The van der Waals surface area contributed by atoms with Crippen LogP contribution in [0.2, 0.25) is 0 Å². The summed E-state index contributed by atoms with van der Waals surface area (Å²) < 4.78 is 41.7. The molecule has 0 radical (unpaired) electrons. The molecule has 3 aliphatic heterocycles. The van der Waals surface area contributed by atoms with Gasteiger partial charge in [-0.05, 0) is 30.3 Å². The van der Waals surface area contributed by atoms with E-state index in [0.717, 1.165) is 18.5 Å². The number of amidine groups is 1. The molecular weight excluding hydrogens is 467 g/mol. The van der Waals surface area contributed by atoms with E-state index < -0.39 is 35.2 Å². The largest absolute Gasteiger partial charge is 0.379 e. The van der Waals surface area contributed by atoms with Gasteiger partial charge in [0.15, 0.2) is 17.3 Å². The number of rotatable bonds is 4. The number of nitrogens with one attached hydrogen (secondary N) is 2. The summed E-state index contributed by atoms with van der Waals surface area (Å²) in [5.41, 5.74) is 5.71. The number of thioether (sulfide) groups is 1. The highest BCUT2D eigenvalue weighted by atomic mass is 32.2. The number of pyridine rings is 1. The van der Waals surface area contributed by atoms with Crippen molar-refractivity contribution in [1.82, 2.24) is 15.2 Å². The number of allylic oxidation sites excluding steroid dienone is 1. The van der Waals surface area contributed by atoms with Gasteiger partial charge in [0.05, 0.1) is 12.4 Å². The van der Waals surface area contributed by atoms with Crippen LogP contribution in [0.1, 0.15) is 16.1 Å². The van der Waals surface area contributed by atoms with E-state index in [1.165, 1.54) is 42.2 Å². The SMILES string of the molecule is NC1=NC2(c3cc(NC(=O)c4ccc(F)cn4)ccc3F)CN(C3N=CC(F)=CN3)CC2CS1. The molecule has 5 rings (SSSR count). The van der Waals surface area contributed by atoms with Gasteiger partial charge in [0.1, 0.15) is 22.9 Å². The third-order valence-corrected chi connectivity index (χ3v) is 6.98. The van der Waals surface area contributed by atoms with Crippen molar-refractivity contribution in [1.29, 1.82) is 0 Å². The highest BCUT2D eigenvalue weighted by Crippen LogP contribution is 2.47. The minimum absolute atomic E-state index is 0.0215. The topological polar surface area (TPSA) is 108 Å². The first-order valence-corrected chi connectivity index (χ1v) is 11.4. The number of anilines is 1. The Kier molecular flexibility index (Phi) is 5.78. The average Bonchev–Trinajstić information content (AvgIpc) is 3.20. The highest BCUT2D eigenvalue weighted by Gasteiger charge is 2.52. The molecule has 2 aromatic rings. The Hall–Kier alpha value is -3.38. The minimum atomic E-state index is -1.01. The molecule has 0 spiro atoms. The number of likely N-dealkylation sites (tertiary alicyclic amines) is 1. The van der Waals surface area contributed by atoms with Crippen LogP contribution >= 0.6 is 11.8 Å². The van der Waals surface area contributed by atoms with Crippen molar-refractivity contribution in [3.63, 3.8) is 0 Å². The van der Waals surface area contributed by atoms with Gasteiger partial charge in [-0.1, -0.05) is 11.8 Å². The zero-order chi connectivity index (χ0) is 23.9. The monoisotopic (exact) mass is 487 g/mol. The molecule has 4 heterocycles. The summed E-state index contributed by atoms with van der Waals surface area (Å²) in [5, 5.41) is 5.91. The lowest BCUT2D eigenvalue weighted by Gasteiger charge is -2.35. The maximum absolute atomic E-state index is 15.2. The first-order chi connectivity index (χ1) is 16.3. The van der Waals surface area contributed by atoms with Gasteiger partial charge < -0.3 is 16.4 Å². The number of nitrogens with zero attached hydrogens (tertiary/aromatic N) is 4. The standard InChI is InChI=1S/C22H20F3N7OS/c23-13-1-4-18(27-6-13)19(33)30-15-2-3-17(25)16(5-15)22-11-32(21-28-7-14(24)8-29-21)9-12(22)10-34-20(26)31-22/h1-8,12,21,28H,9-11H2,(H2,26,31)(H,30,33). The maximum atomic E-state index is 15.2. The quantitative estimate of drug-likeness (QED) is 0.612. The zero-order valence-electron chi connectivity index (χ0n) is 17.7. The molecule has 34 heavy (non-hydrogen) atoms. The highest BCUT2D eigenvalue weighted by molar-refractivity contribution is 8.13. The van der Waals surface area contributed by atoms with Crippen LogP contribution in [-0.4, -0.2) is 52.3 Å². The lowest BCUT2D eigenvalue weighted by molar-refractivity contribution is 0.102. The van der Waals surface area contributed by atoms with Gasteiger partial charge in [0.2, 0.25) is 0 Å². The summed E-state index contributed by atoms with van der Waals surface area (Å²) in [6.07, 6.45) is 2.81. The fourth-order valence-corrected chi connectivity index (χ4v) is 5.42. The summed E-state index contributed by atoms with van der Waals surface area (Å²) in [6.45, 7) is 0.820. The number of aromatic nitrogens is 1. The van der Waals surface area contributed by atoms with Crippen LogP contribution in [0, 0.1) is 17.6 Å². The normalized spacial score (nSPS) is 26.3. The summed E-state index contributed by atoms with van der Waals surface area (Å²) in [6, 6.07) is 6.63. The van der Waals surface area contributed by atoms with Crippen LogP contribution in [0.25, 0.3) is 0 Å². The van der Waals surface area contributed by atoms with Crippen LogP contribution in [-0.2, 0) is 5.54 Å². The molecule has 4 N–H and O–H groups in total. The number of halogens is 3. The Morgan fingerprint density at radius 2 is 2.12 bits per heavy atom. The molecule has 1 fully saturated rings. The van der Waals surface area contributed by atoms with Gasteiger partial charge in [-0.2, -0.15) is 0 Å². The lowest BCUT2D eigenvalue weighted by atomic mass is 9.81. The number of benzene rings is 1. The third-order valence-electron chi connectivity index (χ3n) is 6.02. The zero-order valence-corrected chi connectivity index (χ0v) is 18.5.